The molecule has 2 aliphatic rings. The standard InChI is InChI=1S/C45H37N3Si/c1-32-15-13-16-33-27-28-42-44(43(32)33)39-25-11-12-26-41(39)48(42)45-46-30-29-40(47-45)34-17-14-24-38(31-34)49(35-18-5-2-6-19-35,36-20-7-3-8-21-36)37-22-9-4-10-23-37/h2-3,5-9,11-14,16-32H,4,10,15H2,1H3. The van der Waals surface area contributed by atoms with Gasteiger partial charge in [0.1, 0.15) is 0 Å². The summed E-state index contributed by atoms with van der Waals surface area (Å²) in [6.45, 7) is 2.34. The van der Waals surface area contributed by atoms with Gasteiger partial charge in [-0.25, -0.2) is 9.97 Å². The van der Waals surface area contributed by atoms with Gasteiger partial charge in [0, 0.05) is 22.5 Å². The average molecular weight is 648 g/mol. The molecule has 236 valence electrons. The van der Waals surface area contributed by atoms with Crippen LogP contribution in [0.1, 0.15) is 43.2 Å². The molecule has 0 fully saturated rings. The highest BCUT2D eigenvalue weighted by atomic mass is 28.3. The average Bonchev–Trinajstić information content (AvgIpc) is 3.51. The third kappa shape index (κ3) is 4.78. The van der Waals surface area contributed by atoms with E-state index in [4.69, 9.17) is 9.97 Å². The van der Waals surface area contributed by atoms with Crippen LogP contribution in [0.3, 0.4) is 0 Å². The number of hydrogen-bond donors (Lipinski definition) is 0. The van der Waals surface area contributed by atoms with Crippen molar-refractivity contribution in [1.29, 1.82) is 0 Å². The van der Waals surface area contributed by atoms with E-state index in [1.54, 1.807) is 0 Å². The Hall–Kier alpha value is -5.58. The van der Waals surface area contributed by atoms with Gasteiger partial charge in [0.2, 0.25) is 5.95 Å². The van der Waals surface area contributed by atoms with Gasteiger partial charge in [-0.15, -0.1) is 0 Å². The normalized spacial score (nSPS) is 15.8. The molecule has 5 aromatic carbocycles. The largest absolute Gasteiger partial charge is 0.278 e. The van der Waals surface area contributed by atoms with Crippen LogP contribution in [0.4, 0.5) is 0 Å². The zero-order chi connectivity index (χ0) is 32.8. The summed E-state index contributed by atoms with van der Waals surface area (Å²) in [7, 11) is -2.63. The van der Waals surface area contributed by atoms with Gasteiger partial charge in [0.05, 0.1) is 16.7 Å². The van der Waals surface area contributed by atoms with Crippen LogP contribution in [0.25, 0.3) is 45.1 Å². The highest BCUT2D eigenvalue weighted by Gasteiger charge is 2.42. The summed E-state index contributed by atoms with van der Waals surface area (Å²) in [5.74, 6) is 1.14. The molecule has 0 N–H and O–H groups in total. The zero-order valence-electron chi connectivity index (χ0n) is 27.6. The first kappa shape index (κ1) is 29.5. The number of para-hydroxylation sites is 1. The molecule has 9 rings (SSSR count). The molecule has 0 amide bonds. The van der Waals surface area contributed by atoms with Crippen molar-refractivity contribution in [3.05, 3.63) is 174 Å². The van der Waals surface area contributed by atoms with Crippen molar-refractivity contribution < 1.29 is 0 Å². The van der Waals surface area contributed by atoms with Gasteiger partial charge in [0.25, 0.3) is 0 Å². The Kier molecular flexibility index (Phi) is 7.32. The molecule has 0 spiro atoms. The Morgan fingerprint density at radius 2 is 1.43 bits per heavy atom. The maximum Gasteiger partial charge on any atom is 0.235 e. The quantitative estimate of drug-likeness (QED) is 0.133. The van der Waals surface area contributed by atoms with Gasteiger partial charge < -0.3 is 0 Å². The highest BCUT2D eigenvalue weighted by molar-refractivity contribution is 7.16. The maximum absolute atomic E-state index is 5.32. The lowest BCUT2D eigenvalue weighted by Gasteiger charge is -2.36. The molecule has 2 aromatic heterocycles. The lowest BCUT2D eigenvalue weighted by molar-refractivity contribution is 0.779. The van der Waals surface area contributed by atoms with Gasteiger partial charge in [-0.1, -0.05) is 146 Å². The van der Waals surface area contributed by atoms with Gasteiger partial charge >= 0.3 is 0 Å². The molecule has 2 aliphatic carbocycles. The predicted octanol–water partition coefficient (Wildman–Crippen LogP) is 9.05. The molecule has 0 saturated heterocycles. The first-order valence-electron chi connectivity index (χ1n) is 17.4. The van der Waals surface area contributed by atoms with E-state index in [1.165, 1.54) is 42.7 Å². The molecule has 0 radical (unpaired) electrons. The number of nitrogens with zero attached hydrogens (tertiary/aromatic N) is 3. The predicted molar refractivity (Wildman–Crippen MR) is 208 cm³/mol. The molecule has 0 aliphatic heterocycles. The maximum atomic E-state index is 5.32. The number of fused-ring (bicyclic) bond motifs is 5. The van der Waals surface area contributed by atoms with Gasteiger partial charge in [-0.05, 0) is 75.3 Å². The first-order chi connectivity index (χ1) is 24.2. The van der Waals surface area contributed by atoms with Crippen LogP contribution in [-0.2, 0) is 0 Å². The van der Waals surface area contributed by atoms with Crippen LogP contribution in [0.15, 0.2) is 163 Å². The van der Waals surface area contributed by atoms with Crippen molar-refractivity contribution in [3.8, 4) is 17.2 Å². The van der Waals surface area contributed by atoms with E-state index in [0.29, 0.717) is 11.9 Å². The van der Waals surface area contributed by atoms with Crippen molar-refractivity contribution in [2.45, 2.75) is 32.1 Å². The Balaban J connectivity index is 1.24. The van der Waals surface area contributed by atoms with Crippen molar-refractivity contribution in [3.63, 3.8) is 0 Å². The second kappa shape index (κ2) is 12.1. The summed E-state index contributed by atoms with van der Waals surface area (Å²) in [4.78, 5) is 10.2. The molecule has 7 aromatic rings. The number of hydrogen-bond acceptors (Lipinski definition) is 2. The van der Waals surface area contributed by atoms with Crippen molar-refractivity contribution in [1.82, 2.24) is 14.5 Å². The second-order valence-corrected chi connectivity index (χ2v) is 17.1. The Morgan fingerprint density at radius 3 is 2.20 bits per heavy atom. The molecule has 4 heteroatoms. The van der Waals surface area contributed by atoms with E-state index in [1.807, 2.05) is 6.20 Å². The Morgan fingerprint density at radius 1 is 0.673 bits per heavy atom. The van der Waals surface area contributed by atoms with E-state index in [0.717, 1.165) is 41.6 Å². The number of rotatable bonds is 6. The van der Waals surface area contributed by atoms with Gasteiger partial charge in [-0.3, -0.25) is 4.57 Å². The molecule has 49 heavy (non-hydrogen) atoms. The summed E-state index contributed by atoms with van der Waals surface area (Å²) in [6.07, 6.45) is 16.9. The summed E-state index contributed by atoms with van der Waals surface area (Å²) >= 11 is 0. The Bertz CT molecular complexity index is 2400. The minimum Gasteiger partial charge on any atom is -0.278 e. The monoisotopic (exact) mass is 647 g/mol. The minimum atomic E-state index is -2.63. The minimum absolute atomic E-state index is 0.450. The van der Waals surface area contributed by atoms with E-state index < -0.39 is 8.07 Å². The number of aromatic nitrogens is 3. The number of allylic oxidation sites excluding steroid dienone is 5. The van der Waals surface area contributed by atoms with E-state index >= 15 is 0 Å². The molecule has 0 saturated carbocycles. The molecule has 3 nitrogen and oxygen atoms in total. The summed E-state index contributed by atoms with van der Waals surface area (Å²) in [5.41, 5.74) is 7.05. The number of benzene rings is 5. The summed E-state index contributed by atoms with van der Waals surface area (Å²) < 4.78 is 2.26. The molecule has 1 unspecified atom stereocenters. The van der Waals surface area contributed by atoms with Crippen molar-refractivity contribution in [2.75, 3.05) is 0 Å². The van der Waals surface area contributed by atoms with Crippen molar-refractivity contribution >= 4 is 51.5 Å². The smallest absolute Gasteiger partial charge is 0.235 e. The van der Waals surface area contributed by atoms with Crippen LogP contribution in [0.5, 0.6) is 0 Å². The Labute approximate surface area is 288 Å². The second-order valence-electron chi connectivity index (χ2n) is 13.3. The molecular weight excluding hydrogens is 611 g/mol. The topological polar surface area (TPSA) is 30.7 Å². The van der Waals surface area contributed by atoms with Crippen molar-refractivity contribution in [2.24, 2.45) is 0 Å². The van der Waals surface area contributed by atoms with Gasteiger partial charge in [0.15, 0.2) is 8.07 Å². The summed E-state index contributed by atoms with van der Waals surface area (Å²) in [5, 5.41) is 8.13. The molecule has 2 heterocycles. The third-order valence-corrected chi connectivity index (χ3v) is 15.3. The van der Waals surface area contributed by atoms with Gasteiger partial charge in [-0.2, -0.15) is 0 Å². The fourth-order valence-corrected chi connectivity index (χ4v) is 13.2. The van der Waals surface area contributed by atoms with Crippen LogP contribution in [0, 0.1) is 0 Å². The molecule has 1 atom stereocenters. The first-order valence-corrected chi connectivity index (χ1v) is 19.4. The summed E-state index contributed by atoms with van der Waals surface area (Å²) in [6, 6.07) is 46.8. The fourth-order valence-electron chi connectivity index (χ4n) is 8.31. The molecular formula is C45H37N3Si. The van der Waals surface area contributed by atoms with Crippen LogP contribution < -0.4 is 15.6 Å². The zero-order valence-corrected chi connectivity index (χ0v) is 28.6. The lowest BCUT2D eigenvalue weighted by Crippen LogP contribution is -2.68. The lowest BCUT2D eigenvalue weighted by atomic mass is 9.85. The van der Waals surface area contributed by atoms with E-state index in [2.05, 4.69) is 169 Å². The molecule has 0 bridgehead atoms. The van der Waals surface area contributed by atoms with Crippen LogP contribution >= 0.6 is 0 Å². The third-order valence-electron chi connectivity index (χ3n) is 10.5. The van der Waals surface area contributed by atoms with E-state index in [-0.39, 0.29) is 0 Å². The highest BCUT2D eigenvalue weighted by Crippen LogP contribution is 2.41. The fraction of sp³-hybridized carbons (Fsp3) is 0.111. The van der Waals surface area contributed by atoms with E-state index in [9.17, 15) is 0 Å². The SMILES string of the molecule is CC1CC=Cc2ccc3c(c21)c1ccccc1n3-c1nccc(-c2cccc([Si](C3=CCCC=C3)(c3ccccc3)c3ccccc3)c2)n1. The van der Waals surface area contributed by atoms with Crippen LogP contribution in [-0.4, -0.2) is 22.6 Å². The van der Waals surface area contributed by atoms with Crippen LogP contribution in [0.2, 0.25) is 0 Å².